The maximum absolute atomic E-state index is 4.53. The molecule has 1 aliphatic heterocycles. The maximum Gasteiger partial charge on any atom is 0.147 e. The second-order valence-corrected chi connectivity index (χ2v) is 4.86. The molecule has 1 aromatic rings. The van der Waals surface area contributed by atoms with E-state index in [1.807, 2.05) is 6.92 Å². The summed E-state index contributed by atoms with van der Waals surface area (Å²) in [6, 6.07) is 0.406. The van der Waals surface area contributed by atoms with Crippen molar-refractivity contribution >= 4 is 0 Å². The molecule has 16 heavy (non-hydrogen) atoms. The molecule has 0 aliphatic carbocycles. The van der Waals surface area contributed by atoms with Crippen molar-refractivity contribution in [2.24, 2.45) is 5.92 Å². The van der Waals surface area contributed by atoms with E-state index in [0.717, 1.165) is 30.7 Å². The van der Waals surface area contributed by atoms with Gasteiger partial charge in [0.05, 0.1) is 6.04 Å². The molecule has 4 heteroatoms. The Morgan fingerprint density at radius 2 is 2.38 bits per heavy atom. The summed E-state index contributed by atoms with van der Waals surface area (Å²) in [6.07, 6.45) is 3.62. The van der Waals surface area contributed by atoms with Crippen molar-refractivity contribution in [3.8, 4) is 0 Å². The number of aromatic nitrogens is 3. The summed E-state index contributed by atoms with van der Waals surface area (Å²) in [5, 5.41) is 8.03. The summed E-state index contributed by atoms with van der Waals surface area (Å²) in [5.41, 5.74) is 0. The molecule has 2 rings (SSSR count). The number of nitrogens with zero attached hydrogens (tertiary/aromatic N) is 3. The van der Waals surface area contributed by atoms with E-state index in [2.05, 4.69) is 33.9 Å². The van der Waals surface area contributed by atoms with Crippen molar-refractivity contribution in [1.29, 1.82) is 0 Å². The van der Waals surface area contributed by atoms with Crippen molar-refractivity contribution in [2.75, 3.05) is 6.54 Å². The van der Waals surface area contributed by atoms with Gasteiger partial charge in [-0.15, -0.1) is 0 Å². The molecule has 1 N–H and O–H groups in total. The van der Waals surface area contributed by atoms with Crippen LogP contribution in [0.3, 0.4) is 0 Å². The minimum absolute atomic E-state index is 0.406. The van der Waals surface area contributed by atoms with Gasteiger partial charge in [0, 0.05) is 6.54 Å². The van der Waals surface area contributed by atoms with Crippen LogP contribution in [0, 0.1) is 12.8 Å². The minimum atomic E-state index is 0.406. The van der Waals surface area contributed by atoms with Crippen molar-refractivity contribution in [1.82, 2.24) is 20.1 Å². The monoisotopic (exact) mass is 222 g/mol. The van der Waals surface area contributed by atoms with Crippen molar-refractivity contribution < 1.29 is 0 Å². The predicted molar refractivity (Wildman–Crippen MR) is 64.2 cm³/mol. The molecular weight excluding hydrogens is 200 g/mol. The predicted octanol–water partition coefficient (Wildman–Crippen LogP) is 2.06. The van der Waals surface area contributed by atoms with Gasteiger partial charge in [-0.2, -0.15) is 5.10 Å². The lowest BCUT2D eigenvalue weighted by atomic mass is 10.1. The Balaban J connectivity index is 2.01. The number of aryl methyl sites for hydroxylation is 2. The zero-order chi connectivity index (χ0) is 11.5. The molecule has 2 unspecified atom stereocenters. The van der Waals surface area contributed by atoms with Crippen LogP contribution in [0.5, 0.6) is 0 Å². The number of rotatable bonds is 4. The van der Waals surface area contributed by atoms with Crippen molar-refractivity contribution in [3.05, 3.63) is 11.6 Å². The van der Waals surface area contributed by atoms with Crippen LogP contribution in [0.2, 0.25) is 0 Å². The van der Waals surface area contributed by atoms with Crippen LogP contribution in [0.25, 0.3) is 0 Å². The number of nitrogens with one attached hydrogen (secondary N) is 1. The fourth-order valence-electron chi connectivity index (χ4n) is 2.15. The van der Waals surface area contributed by atoms with Gasteiger partial charge < -0.3 is 5.32 Å². The van der Waals surface area contributed by atoms with E-state index in [9.17, 15) is 0 Å². The molecule has 90 valence electrons. The maximum atomic E-state index is 4.53. The van der Waals surface area contributed by atoms with Crippen LogP contribution in [0.1, 0.15) is 50.8 Å². The zero-order valence-electron chi connectivity index (χ0n) is 10.5. The molecule has 2 atom stereocenters. The van der Waals surface area contributed by atoms with Gasteiger partial charge >= 0.3 is 0 Å². The van der Waals surface area contributed by atoms with E-state index in [4.69, 9.17) is 0 Å². The third-order valence-corrected chi connectivity index (χ3v) is 3.39. The van der Waals surface area contributed by atoms with Gasteiger partial charge in [-0.05, 0) is 32.2 Å². The van der Waals surface area contributed by atoms with Gasteiger partial charge in [0.25, 0.3) is 0 Å². The summed E-state index contributed by atoms with van der Waals surface area (Å²) in [4.78, 5) is 4.53. The van der Waals surface area contributed by atoms with Gasteiger partial charge in [-0.3, -0.25) is 0 Å². The third-order valence-electron chi connectivity index (χ3n) is 3.39. The summed E-state index contributed by atoms with van der Waals surface area (Å²) < 4.78 is 2.06. The van der Waals surface area contributed by atoms with E-state index < -0.39 is 0 Å². The highest BCUT2D eigenvalue weighted by molar-refractivity contribution is 5.01. The summed E-state index contributed by atoms with van der Waals surface area (Å²) in [5.74, 6) is 2.76. The molecular formula is C12H22N4. The quantitative estimate of drug-likeness (QED) is 0.848. The smallest absolute Gasteiger partial charge is 0.147 e. The average molecular weight is 222 g/mol. The Labute approximate surface area is 97.5 Å². The fraction of sp³-hybridized carbons (Fsp3) is 0.833. The zero-order valence-corrected chi connectivity index (χ0v) is 10.5. The number of hydrogen-bond donors (Lipinski definition) is 1. The highest BCUT2D eigenvalue weighted by atomic mass is 15.4. The molecule has 0 saturated heterocycles. The van der Waals surface area contributed by atoms with Gasteiger partial charge in [-0.1, -0.05) is 20.3 Å². The molecule has 0 radical (unpaired) electrons. The van der Waals surface area contributed by atoms with Crippen LogP contribution < -0.4 is 5.32 Å². The highest BCUT2D eigenvalue weighted by Gasteiger charge is 2.23. The molecule has 0 bridgehead atoms. The second kappa shape index (κ2) is 4.95. The lowest BCUT2D eigenvalue weighted by molar-refractivity contribution is 0.347. The standard InChI is InChI=1S/C12H22N4/c1-4-9(2)8-13-11-6-5-7-16-12(11)14-10(3)15-16/h9,11,13H,4-8H2,1-3H3. The first-order chi connectivity index (χ1) is 7.70. The molecule has 0 aromatic carbocycles. The average Bonchev–Trinajstić information content (AvgIpc) is 2.66. The van der Waals surface area contributed by atoms with Gasteiger partial charge in [0.15, 0.2) is 0 Å². The first kappa shape index (κ1) is 11.6. The third kappa shape index (κ3) is 2.43. The lowest BCUT2D eigenvalue weighted by Gasteiger charge is -2.24. The summed E-state index contributed by atoms with van der Waals surface area (Å²) >= 11 is 0. The van der Waals surface area contributed by atoms with Crippen LogP contribution in [-0.4, -0.2) is 21.3 Å². The molecule has 1 aliphatic rings. The molecule has 0 amide bonds. The van der Waals surface area contributed by atoms with E-state index in [-0.39, 0.29) is 0 Å². The normalized spacial score (nSPS) is 21.8. The van der Waals surface area contributed by atoms with Crippen LogP contribution in [0.15, 0.2) is 0 Å². The van der Waals surface area contributed by atoms with Crippen molar-refractivity contribution in [3.63, 3.8) is 0 Å². The van der Waals surface area contributed by atoms with E-state index in [0.29, 0.717) is 6.04 Å². The van der Waals surface area contributed by atoms with Gasteiger partial charge in [0.1, 0.15) is 11.6 Å². The Morgan fingerprint density at radius 3 is 3.12 bits per heavy atom. The molecule has 0 fully saturated rings. The van der Waals surface area contributed by atoms with Gasteiger partial charge in [-0.25, -0.2) is 9.67 Å². The summed E-state index contributed by atoms with van der Waals surface area (Å²) in [6.45, 7) is 8.59. The van der Waals surface area contributed by atoms with Crippen LogP contribution >= 0.6 is 0 Å². The summed E-state index contributed by atoms with van der Waals surface area (Å²) in [7, 11) is 0. The number of fused-ring (bicyclic) bond motifs is 1. The Hall–Kier alpha value is -0.900. The number of hydrogen-bond acceptors (Lipinski definition) is 3. The molecule has 2 heterocycles. The largest absolute Gasteiger partial charge is 0.307 e. The molecule has 1 aromatic heterocycles. The van der Waals surface area contributed by atoms with Crippen LogP contribution in [-0.2, 0) is 6.54 Å². The topological polar surface area (TPSA) is 42.7 Å². The SMILES string of the molecule is CCC(C)CNC1CCCn2nc(C)nc21. The highest BCUT2D eigenvalue weighted by Crippen LogP contribution is 2.23. The first-order valence-corrected chi connectivity index (χ1v) is 6.35. The fourth-order valence-corrected chi connectivity index (χ4v) is 2.15. The van der Waals surface area contributed by atoms with Crippen molar-refractivity contribution in [2.45, 2.75) is 52.6 Å². The van der Waals surface area contributed by atoms with Gasteiger partial charge in [0.2, 0.25) is 0 Å². The first-order valence-electron chi connectivity index (χ1n) is 6.35. The Kier molecular flexibility index (Phi) is 3.59. The van der Waals surface area contributed by atoms with E-state index in [1.54, 1.807) is 0 Å². The van der Waals surface area contributed by atoms with E-state index in [1.165, 1.54) is 19.3 Å². The van der Waals surface area contributed by atoms with Crippen LogP contribution in [0.4, 0.5) is 0 Å². The Bertz CT molecular complexity index is 345. The Morgan fingerprint density at radius 1 is 1.56 bits per heavy atom. The minimum Gasteiger partial charge on any atom is -0.307 e. The lowest BCUT2D eigenvalue weighted by Crippen LogP contribution is -2.31. The second-order valence-electron chi connectivity index (χ2n) is 4.86. The molecule has 0 saturated carbocycles. The molecule has 4 nitrogen and oxygen atoms in total. The molecule has 0 spiro atoms. The van der Waals surface area contributed by atoms with E-state index >= 15 is 0 Å².